The first-order valence-corrected chi connectivity index (χ1v) is 14.2. The van der Waals surface area contributed by atoms with E-state index in [-0.39, 0.29) is 22.6 Å². The molecule has 36 heavy (non-hydrogen) atoms. The normalized spacial score (nSPS) is 15.9. The largest absolute Gasteiger partial charge is 0.343 e. The molecule has 188 valence electrons. The summed E-state index contributed by atoms with van der Waals surface area (Å²) in [6.07, 6.45) is 6.44. The van der Waals surface area contributed by atoms with E-state index in [9.17, 15) is 9.59 Å². The molecule has 0 saturated heterocycles. The molecule has 2 aliphatic carbocycles. The highest BCUT2D eigenvalue weighted by Gasteiger charge is 2.43. The summed E-state index contributed by atoms with van der Waals surface area (Å²) in [6, 6.07) is 16.5. The van der Waals surface area contributed by atoms with Crippen molar-refractivity contribution >= 4 is 17.7 Å². The smallest absolute Gasteiger partial charge is 0.263 e. The number of nitrogens with zero attached hydrogens (tertiary/aromatic N) is 3. The molecule has 1 spiro atoms. The highest BCUT2D eigenvalue weighted by molar-refractivity contribution is 7.99. The van der Waals surface area contributed by atoms with E-state index < -0.39 is 0 Å². The number of aryl methyl sites for hydroxylation is 1. The molecule has 2 aromatic carbocycles. The first kappa shape index (κ1) is 24.8. The van der Waals surface area contributed by atoms with Crippen molar-refractivity contribution in [1.82, 2.24) is 14.5 Å². The van der Waals surface area contributed by atoms with Crippen LogP contribution in [0.2, 0.25) is 0 Å². The maximum absolute atomic E-state index is 14.5. The molecule has 1 saturated carbocycles. The molecule has 5 rings (SSSR count). The topological polar surface area (TPSA) is 55.2 Å². The van der Waals surface area contributed by atoms with E-state index in [0.29, 0.717) is 18.2 Å². The molecule has 1 amide bonds. The number of carbonyl (C=O) groups is 1. The zero-order valence-electron chi connectivity index (χ0n) is 21.5. The summed E-state index contributed by atoms with van der Waals surface area (Å²) in [4.78, 5) is 34.4. The molecule has 6 heteroatoms. The van der Waals surface area contributed by atoms with Gasteiger partial charge in [0.05, 0.1) is 22.7 Å². The summed E-state index contributed by atoms with van der Waals surface area (Å²) < 4.78 is 1.77. The molecular formula is C30H35N3O2S. The Hall–Kier alpha value is -2.86. The Labute approximate surface area is 217 Å². The van der Waals surface area contributed by atoms with Gasteiger partial charge < -0.3 is 4.90 Å². The molecular weight excluding hydrogens is 466 g/mol. The summed E-state index contributed by atoms with van der Waals surface area (Å²) >= 11 is 1.37. The lowest BCUT2D eigenvalue weighted by atomic mass is 9.62. The molecule has 1 aromatic heterocycles. The van der Waals surface area contributed by atoms with Crippen LogP contribution < -0.4 is 5.56 Å². The molecule has 0 atom stereocenters. The van der Waals surface area contributed by atoms with Crippen LogP contribution in [0.4, 0.5) is 0 Å². The molecule has 1 heterocycles. The Bertz CT molecular complexity index is 1320. The Balaban J connectivity index is 1.71. The number of hydrogen-bond donors (Lipinski definition) is 0. The summed E-state index contributed by atoms with van der Waals surface area (Å²) in [5, 5.41) is 0.589. The molecule has 0 bridgehead atoms. The molecule has 5 nitrogen and oxygen atoms in total. The van der Waals surface area contributed by atoms with E-state index in [1.165, 1.54) is 23.7 Å². The van der Waals surface area contributed by atoms with Crippen molar-refractivity contribution in [2.75, 3.05) is 18.8 Å². The van der Waals surface area contributed by atoms with Crippen molar-refractivity contribution < 1.29 is 4.79 Å². The van der Waals surface area contributed by atoms with Gasteiger partial charge in [-0.1, -0.05) is 73.0 Å². The molecule has 0 aliphatic heterocycles. The lowest BCUT2D eigenvalue weighted by molar-refractivity contribution is -0.127. The minimum absolute atomic E-state index is 0.0260. The number of aromatic nitrogens is 2. The van der Waals surface area contributed by atoms with E-state index in [1.807, 2.05) is 56.0 Å². The molecule has 0 unspecified atom stereocenters. The third-order valence-corrected chi connectivity index (χ3v) is 8.85. The van der Waals surface area contributed by atoms with Gasteiger partial charge in [0, 0.05) is 24.1 Å². The summed E-state index contributed by atoms with van der Waals surface area (Å²) in [5.74, 6) is 0.322. The quantitative estimate of drug-likeness (QED) is 0.310. The predicted octanol–water partition coefficient (Wildman–Crippen LogP) is 5.93. The van der Waals surface area contributed by atoms with Crippen LogP contribution in [0.5, 0.6) is 0 Å². The second-order valence-corrected chi connectivity index (χ2v) is 11.1. The van der Waals surface area contributed by atoms with Gasteiger partial charge in [-0.25, -0.2) is 4.98 Å². The fourth-order valence-corrected chi connectivity index (χ4v) is 6.91. The first-order valence-electron chi connectivity index (χ1n) is 13.2. The maximum atomic E-state index is 14.5. The number of thioether (sulfide) groups is 1. The summed E-state index contributed by atoms with van der Waals surface area (Å²) in [7, 11) is 0. The first-order chi connectivity index (χ1) is 17.5. The van der Waals surface area contributed by atoms with Gasteiger partial charge in [-0.15, -0.1) is 0 Å². The number of hydrogen-bond acceptors (Lipinski definition) is 4. The highest BCUT2D eigenvalue weighted by Crippen LogP contribution is 2.49. The number of fused-ring (bicyclic) bond motifs is 4. The third-order valence-electron chi connectivity index (χ3n) is 7.93. The standard InChI is InChI=1S/C30H35N3O2S/c1-4-32(5-2)25(34)20-36-29-31-27-24-12-8-7-11-22(24)19-30(17-9-6-10-18-30)26(27)28(35)33(29)23-15-13-21(3)14-16-23/h7-8,11-16H,4-6,9-10,17-20H2,1-3H3. The van der Waals surface area contributed by atoms with Crippen LogP contribution in [0.1, 0.15) is 62.6 Å². The van der Waals surface area contributed by atoms with Gasteiger partial charge in [0.25, 0.3) is 5.56 Å². The van der Waals surface area contributed by atoms with Gasteiger partial charge in [-0.05, 0) is 57.7 Å². The average molecular weight is 502 g/mol. The van der Waals surface area contributed by atoms with E-state index in [1.54, 1.807) is 4.57 Å². The number of rotatable bonds is 6. The Morgan fingerprint density at radius 1 is 1.03 bits per heavy atom. The van der Waals surface area contributed by atoms with Gasteiger partial charge in [-0.3, -0.25) is 14.2 Å². The number of carbonyl (C=O) groups excluding carboxylic acids is 1. The zero-order valence-corrected chi connectivity index (χ0v) is 22.4. The predicted molar refractivity (Wildman–Crippen MR) is 147 cm³/mol. The zero-order chi connectivity index (χ0) is 25.3. The fraction of sp³-hybridized carbons (Fsp3) is 0.433. The second-order valence-electron chi connectivity index (χ2n) is 10.1. The lowest BCUT2D eigenvalue weighted by Crippen LogP contribution is -2.43. The van der Waals surface area contributed by atoms with Gasteiger partial charge in [0.15, 0.2) is 5.16 Å². The minimum Gasteiger partial charge on any atom is -0.343 e. The van der Waals surface area contributed by atoms with Crippen LogP contribution in [0.25, 0.3) is 16.9 Å². The van der Waals surface area contributed by atoms with Crippen molar-refractivity contribution in [3.63, 3.8) is 0 Å². The molecule has 0 radical (unpaired) electrons. The SMILES string of the molecule is CCN(CC)C(=O)CSc1nc2c(c(=O)n1-c1ccc(C)cc1)C1(CCCCC1)Cc1ccccc1-2. The van der Waals surface area contributed by atoms with E-state index in [4.69, 9.17) is 4.98 Å². The monoisotopic (exact) mass is 501 g/mol. The second kappa shape index (κ2) is 10.3. The van der Waals surface area contributed by atoms with Crippen LogP contribution >= 0.6 is 11.8 Å². The highest BCUT2D eigenvalue weighted by atomic mass is 32.2. The van der Waals surface area contributed by atoms with Gasteiger partial charge in [-0.2, -0.15) is 0 Å². The minimum atomic E-state index is -0.168. The molecule has 0 N–H and O–H groups in total. The van der Waals surface area contributed by atoms with Gasteiger partial charge in [0.1, 0.15) is 0 Å². The Morgan fingerprint density at radius 3 is 2.42 bits per heavy atom. The van der Waals surface area contributed by atoms with E-state index in [2.05, 4.69) is 18.2 Å². The van der Waals surface area contributed by atoms with Crippen molar-refractivity contribution in [3.8, 4) is 16.9 Å². The van der Waals surface area contributed by atoms with Crippen LogP contribution in [0.3, 0.4) is 0 Å². The van der Waals surface area contributed by atoms with Crippen molar-refractivity contribution in [1.29, 1.82) is 0 Å². The van der Waals surface area contributed by atoms with Crippen LogP contribution in [-0.2, 0) is 16.6 Å². The molecule has 2 aliphatic rings. The molecule has 1 fully saturated rings. The summed E-state index contributed by atoms with van der Waals surface area (Å²) in [6.45, 7) is 7.38. The van der Waals surface area contributed by atoms with Gasteiger partial charge >= 0.3 is 0 Å². The van der Waals surface area contributed by atoms with E-state index in [0.717, 1.165) is 60.2 Å². The van der Waals surface area contributed by atoms with Crippen molar-refractivity contribution in [2.24, 2.45) is 0 Å². The van der Waals surface area contributed by atoms with E-state index >= 15 is 0 Å². The number of amides is 1. The Morgan fingerprint density at radius 2 is 1.72 bits per heavy atom. The number of benzene rings is 2. The fourth-order valence-electron chi connectivity index (χ4n) is 6.00. The van der Waals surface area contributed by atoms with Crippen LogP contribution in [0, 0.1) is 6.92 Å². The maximum Gasteiger partial charge on any atom is 0.263 e. The molecule has 3 aromatic rings. The Kier molecular flexibility index (Phi) is 7.07. The van der Waals surface area contributed by atoms with Crippen LogP contribution in [0.15, 0.2) is 58.5 Å². The van der Waals surface area contributed by atoms with Crippen LogP contribution in [-0.4, -0.2) is 39.2 Å². The summed E-state index contributed by atoms with van der Waals surface area (Å²) in [5.41, 5.74) is 5.85. The third kappa shape index (κ3) is 4.40. The van der Waals surface area contributed by atoms with Crippen molar-refractivity contribution in [2.45, 2.75) is 69.9 Å². The van der Waals surface area contributed by atoms with Crippen molar-refractivity contribution in [3.05, 3.63) is 75.6 Å². The lowest BCUT2D eigenvalue weighted by Gasteiger charge is -2.42. The average Bonchev–Trinajstić information content (AvgIpc) is 2.89. The van der Waals surface area contributed by atoms with Gasteiger partial charge in [0.2, 0.25) is 5.91 Å².